The molecule has 2 unspecified atom stereocenters. The molecule has 2 aromatic carbocycles. The Morgan fingerprint density at radius 2 is 1.93 bits per heavy atom. The Kier molecular flexibility index (Phi) is 7.54. The van der Waals surface area contributed by atoms with Crippen molar-refractivity contribution in [1.82, 2.24) is 20.9 Å². The Bertz CT molecular complexity index is 966. The Morgan fingerprint density at radius 3 is 2.63 bits per heavy atom. The lowest BCUT2D eigenvalue weighted by molar-refractivity contribution is -0.121. The summed E-state index contributed by atoms with van der Waals surface area (Å²) < 4.78 is 40.1. The van der Waals surface area contributed by atoms with Crippen molar-refractivity contribution >= 4 is 15.9 Å². The number of sulfonamides is 1. The number of carbonyl (C=O) groups is 1. The number of aryl methyl sites for hydroxylation is 1. The second-order valence-corrected chi connectivity index (χ2v) is 9.06. The van der Waals surface area contributed by atoms with Crippen molar-refractivity contribution < 1.29 is 17.6 Å². The van der Waals surface area contributed by atoms with E-state index in [1.807, 2.05) is 13.0 Å². The van der Waals surface area contributed by atoms with E-state index in [1.54, 1.807) is 30.3 Å². The van der Waals surface area contributed by atoms with Crippen LogP contribution in [0.1, 0.15) is 43.4 Å². The summed E-state index contributed by atoms with van der Waals surface area (Å²) in [6.45, 7) is 2.30. The average molecular weight is 435 g/mol. The number of hydrogen-bond acceptors (Lipinski definition) is 5. The van der Waals surface area contributed by atoms with Gasteiger partial charge < -0.3 is 5.32 Å². The van der Waals surface area contributed by atoms with E-state index in [1.165, 1.54) is 12.1 Å². The van der Waals surface area contributed by atoms with Gasteiger partial charge in [-0.3, -0.25) is 4.79 Å². The second kappa shape index (κ2) is 10.1. The molecule has 0 aliphatic carbocycles. The average Bonchev–Trinajstić information content (AvgIpc) is 3.19. The number of benzene rings is 2. The highest BCUT2D eigenvalue weighted by molar-refractivity contribution is 7.89. The lowest BCUT2D eigenvalue weighted by Gasteiger charge is -2.12. The Labute approximate surface area is 176 Å². The van der Waals surface area contributed by atoms with Gasteiger partial charge in [-0.25, -0.2) is 28.4 Å². The van der Waals surface area contributed by atoms with Gasteiger partial charge in [0.2, 0.25) is 15.9 Å². The van der Waals surface area contributed by atoms with Crippen molar-refractivity contribution in [2.75, 3.05) is 6.54 Å². The highest BCUT2D eigenvalue weighted by atomic mass is 32.2. The van der Waals surface area contributed by atoms with Crippen LogP contribution in [-0.2, 0) is 21.2 Å². The van der Waals surface area contributed by atoms with Crippen LogP contribution in [0.15, 0.2) is 53.4 Å². The molecule has 1 aliphatic heterocycles. The van der Waals surface area contributed by atoms with E-state index in [9.17, 15) is 17.6 Å². The number of nitrogens with one attached hydrogen (secondary N) is 4. The number of halogens is 1. The minimum absolute atomic E-state index is 0.0817. The van der Waals surface area contributed by atoms with E-state index in [0.29, 0.717) is 19.4 Å². The van der Waals surface area contributed by atoms with Gasteiger partial charge in [-0.1, -0.05) is 31.2 Å². The minimum Gasteiger partial charge on any atom is -0.339 e. The molecular formula is C21H27FN4O3S. The summed E-state index contributed by atoms with van der Waals surface area (Å²) in [7, 11) is -3.49. The van der Waals surface area contributed by atoms with E-state index in [-0.39, 0.29) is 35.2 Å². The van der Waals surface area contributed by atoms with Crippen LogP contribution < -0.4 is 20.9 Å². The van der Waals surface area contributed by atoms with E-state index in [4.69, 9.17) is 0 Å². The number of rotatable bonds is 9. The van der Waals surface area contributed by atoms with Gasteiger partial charge in [0.15, 0.2) is 0 Å². The van der Waals surface area contributed by atoms with Crippen molar-refractivity contribution in [2.45, 2.75) is 49.7 Å². The van der Waals surface area contributed by atoms with E-state index < -0.39 is 10.0 Å². The smallest absolute Gasteiger partial charge is 0.240 e. The predicted molar refractivity (Wildman–Crippen MR) is 112 cm³/mol. The largest absolute Gasteiger partial charge is 0.339 e. The SMILES string of the molecule is CCCNS(=O)(=O)c1ccc(CCC(=O)NC2CC(c3cccc(F)c3)NN2)cc1. The fraction of sp³-hybridized carbons (Fsp3) is 0.381. The molecule has 1 heterocycles. The van der Waals surface area contributed by atoms with Crippen molar-refractivity contribution in [3.05, 3.63) is 65.5 Å². The highest BCUT2D eigenvalue weighted by Gasteiger charge is 2.26. The molecule has 3 rings (SSSR count). The molecule has 1 saturated heterocycles. The van der Waals surface area contributed by atoms with Gasteiger partial charge in [-0.2, -0.15) is 0 Å². The molecule has 30 heavy (non-hydrogen) atoms. The van der Waals surface area contributed by atoms with Gasteiger partial charge in [-0.05, 0) is 48.2 Å². The zero-order valence-corrected chi connectivity index (χ0v) is 17.6. The number of hydrogen-bond donors (Lipinski definition) is 4. The summed E-state index contributed by atoms with van der Waals surface area (Å²) in [5.74, 6) is -0.405. The third-order valence-electron chi connectivity index (χ3n) is 4.91. The standard InChI is InChI=1S/C21H27FN4O3S/c1-2-12-23-30(28,29)18-9-6-15(7-10-18)8-11-21(27)24-20-14-19(25-26-20)16-4-3-5-17(22)13-16/h3-7,9-10,13,19-20,23,25-26H,2,8,11-12,14H2,1H3,(H,24,27). The zero-order chi connectivity index (χ0) is 21.6. The normalized spacial score (nSPS) is 19.0. The Balaban J connectivity index is 1.46. The summed E-state index contributed by atoms with van der Waals surface area (Å²) in [5.41, 5.74) is 7.79. The van der Waals surface area contributed by atoms with Crippen LogP contribution in [0.3, 0.4) is 0 Å². The molecule has 2 aromatic rings. The summed E-state index contributed by atoms with van der Waals surface area (Å²) in [5, 5.41) is 2.91. The summed E-state index contributed by atoms with van der Waals surface area (Å²) in [6, 6.07) is 12.9. The maximum Gasteiger partial charge on any atom is 0.240 e. The van der Waals surface area contributed by atoms with E-state index in [0.717, 1.165) is 17.5 Å². The van der Waals surface area contributed by atoms with Gasteiger partial charge in [0.25, 0.3) is 0 Å². The van der Waals surface area contributed by atoms with Crippen molar-refractivity contribution in [2.24, 2.45) is 0 Å². The first-order valence-corrected chi connectivity index (χ1v) is 11.5. The van der Waals surface area contributed by atoms with Crippen LogP contribution in [-0.4, -0.2) is 27.0 Å². The Morgan fingerprint density at radius 1 is 1.17 bits per heavy atom. The molecule has 2 atom stereocenters. The van der Waals surface area contributed by atoms with Crippen molar-refractivity contribution in [1.29, 1.82) is 0 Å². The zero-order valence-electron chi connectivity index (χ0n) is 16.8. The fourth-order valence-corrected chi connectivity index (χ4v) is 4.41. The van der Waals surface area contributed by atoms with Crippen molar-refractivity contribution in [3.8, 4) is 0 Å². The fourth-order valence-electron chi connectivity index (χ4n) is 3.27. The lowest BCUT2D eigenvalue weighted by Crippen LogP contribution is -2.44. The van der Waals surface area contributed by atoms with Gasteiger partial charge in [-0.15, -0.1) is 0 Å². The van der Waals surface area contributed by atoms with Gasteiger partial charge >= 0.3 is 0 Å². The molecule has 0 aromatic heterocycles. The molecule has 7 nitrogen and oxygen atoms in total. The minimum atomic E-state index is -3.49. The number of amides is 1. The summed E-state index contributed by atoms with van der Waals surface area (Å²) in [4.78, 5) is 12.5. The summed E-state index contributed by atoms with van der Waals surface area (Å²) in [6.07, 6.45) is 1.86. The summed E-state index contributed by atoms with van der Waals surface area (Å²) >= 11 is 0. The van der Waals surface area contributed by atoms with E-state index in [2.05, 4.69) is 20.9 Å². The molecule has 162 valence electrons. The first-order valence-electron chi connectivity index (χ1n) is 10.0. The highest BCUT2D eigenvalue weighted by Crippen LogP contribution is 2.22. The first kappa shape index (κ1) is 22.4. The third kappa shape index (κ3) is 6.09. The molecule has 1 amide bonds. The van der Waals surface area contributed by atoms with Crippen LogP contribution >= 0.6 is 0 Å². The molecule has 4 N–H and O–H groups in total. The molecule has 0 spiro atoms. The molecule has 1 fully saturated rings. The molecular weight excluding hydrogens is 407 g/mol. The van der Waals surface area contributed by atoms with Gasteiger partial charge in [0, 0.05) is 25.4 Å². The first-order chi connectivity index (χ1) is 14.4. The molecule has 9 heteroatoms. The second-order valence-electron chi connectivity index (χ2n) is 7.29. The van der Waals surface area contributed by atoms with Crippen LogP contribution in [0.2, 0.25) is 0 Å². The maximum atomic E-state index is 13.4. The molecule has 1 aliphatic rings. The maximum absolute atomic E-state index is 13.4. The van der Waals surface area contributed by atoms with Crippen LogP contribution in [0.5, 0.6) is 0 Å². The third-order valence-corrected chi connectivity index (χ3v) is 6.38. The quantitative estimate of drug-likeness (QED) is 0.485. The van der Waals surface area contributed by atoms with Crippen LogP contribution in [0.25, 0.3) is 0 Å². The Hall–Kier alpha value is -2.33. The van der Waals surface area contributed by atoms with Gasteiger partial charge in [0.1, 0.15) is 5.82 Å². The topological polar surface area (TPSA) is 99.3 Å². The van der Waals surface area contributed by atoms with Crippen molar-refractivity contribution in [3.63, 3.8) is 0 Å². The number of hydrazine groups is 1. The molecule has 0 saturated carbocycles. The molecule has 0 radical (unpaired) electrons. The predicted octanol–water partition coefficient (Wildman–Crippen LogP) is 2.13. The van der Waals surface area contributed by atoms with Crippen LogP contribution in [0, 0.1) is 5.82 Å². The monoisotopic (exact) mass is 434 g/mol. The molecule has 0 bridgehead atoms. The van der Waals surface area contributed by atoms with Crippen LogP contribution in [0.4, 0.5) is 4.39 Å². The number of carbonyl (C=O) groups excluding carboxylic acids is 1. The lowest BCUT2D eigenvalue weighted by atomic mass is 10.0. The van der Waals surface area contributed by atoms with Gasteiger partial charge in [0.05, 0.1) is 11.1 Å². The van der Waals surface area contributed by atoms with E-state index >= 15 is 0 Å².